The first-order valence-corrected chi connectivity index (χ1v) is 7.91. The van der Waals surface area contributed by atoms with Crippen LogP contribution in [0.3, 0.4) is 0 Å². The van der Waals surface area contributed by atoms with E-state index in [0.29, 0.717) is 17.1 Å². The molecule has 6 heteroatoms. The highest BCUT2D eigenvalue weighted by molar-refractivity contribution is 5.95. The van der Waals surface area contributed by atoms with E-state index in [1.165, 1.54) is 0 Å². The lowest BCUT2D eigenvalue weighted by atomic mass is 10.0. The van der Waals surface area contributed by atoms with Crippen molar-refractivity contribution in [2.24, 2.45) is 0 Å². The van der Waals surface area contributed by atoms with E-state index in [4.69, 9.17) is 14.2 Å². The van der Waals surface area contributed by atoms with Crippen molar-refractivity contribution in [1.82, 2.24) is 10.2 Å². The van der Waals surface area contributed by atoms with Crippen molar-refractivity contribution in [2.45, 2.75) is 18.9 Å². The van der Waals surface area contributed by atoms with Gasteiger partial charge in [0.05, 0.1) is 20.8 Å². The summed E-state index contributed by atoms with van der Waals surface area (Å²) in [5.74, 6) is 1.14. The van der Waals surface area contributed by atoms with Crippen LogP contribution in [0.25, 0.3) is 0 Å². The first-order chi connectivity index (χ1) is 11.2. The average Bonchev–Trinajstić information content (AvgIpc) is 2.60. The molecule has 23 heavy (non-hydrogen) atoms. The molecule has 1 aliphatic rings. The van der Waals surface area contributed by atoms with E-state index in [2.05, 4.69) is 10.2 Å². The lowest BCUT2D eigenvalue weighted by Crippen LogP contribution is -2.45. The zero-order chi connectivity index (χ0) is 16.7. The van der Waals surface area contributed by atoms with Gasteiger partial charge in [-0.15, -0.1) is 0 Å². The summed E-state index contributed by atoms with van der Waals surface area (Å²) in [6.07, 6.45) is 1.91. The molecular weight excluding hydrogens is 296 g/mol. The van der Waals surface area contributed by atoms with E-state index in [0.717, 1.165) is 39.1 Å². The van der Waals surface area contributed by atoms with Crippen molar-refractivity contribution in [1.29, 1.82) is 0 Å². The number of methoxy groups -OCH3 is 3. The Morgan fingerprint density at radius 2 is 1.74 bits per heavy atom. The highest BCUT2D eigenvalue weighted by atomic mass is 16.5. The molecule has 0 bridgehead atoms. The number of hydrogen-bond donors (Lipinski definition) is 1. The second kappa shape index (κ2) is 8.74. The Morgan fingerprint density at radius 1 is 1.13 bits per heavy atom. The monoisotopic (exact) mass is 322 g/mol. The SMILES string of the molecule is COCCN1CCC(NC(=O)c2cc(OC)cc(OC)c2)CC1. The molecule has 128 valence electrons. The van der Waals surface area contributed by atoms with Gasteiger partial charge in [-0.1, -0.05) is 0 Å². The molecule has 0 aromatic heterocycles. The second-order valence-electron chi connectivity index (χ2n) is 5.68. The molecule has 1 amide bonds. The third kappa shape index (κ3) is 5.11. The number of amides is 1. The van der Waals surface area contributed by atoms with Crippen molar-refractivity contribution in [3.05, 3.63) is 23.8 Å². The quantitative estimate of drug-likeness (QED) is 0.825. The molecule has 0 aliphatic carbocycles. The number of carbonyl (C=O) groups excluding carboxylic acids is 1. The highest BCUT2D eigenvalue weighted by Gasteiger charge is 2.21. The van der Waals surface area contributed by atoms with Gasteiger partial charge in [0.1, 0.15) is 11.5 Å². The number of nitrogens with one attached hydrogen (secondary N) is 1. The average molecular weight is 322 g/mol. The molecule has 1 aliphatic heterocycles. The molecule has 1 saturated heterocycles. The van der Waals surface area contributed by atoms with Crippen LogP contribution >= 0.6 is 0 Å². The fraction of sp³-hybridized carbons (Fsp3) is 0.588. The second-order valence-corrected chi connectivity index (χ2v) is 5.68. The van der Waals surface area contributed by atoms with E-state index in [1.54, 1.807) is 39.5 Å². The van der Waals surface area contributed by atoms with Crippen LogP contribution in [0.1, 0.15) is 23.2 Å². The minimum Gasteiger partial charge on any atom is -0.497 e. The van der Waals surface area contributed by atoms with Crippen LogP contribution in [-0.4, -0.2) is 64.4 Å². The van der Waals surface area contributed by atoms with Crippen LogP contribution in [0.5, 0.6) is 11.5 Å². The van der Waals surface area contributed by atoms with Gasteiger partial charge in [-0.05, 0) is 25.0 Å². The van der Waals surface area contributed by atoms with Gasteiger partial charge in [0.2, 0.25) is 0 Å². The predicted molar refractivity (Wildman–Crippen MR) is 88.4 cm³/mol. The van der Waals surface area contributed by atoms with Crippen LogP contribution in [0.2, 0.25) is 0 Å². The molecule has 0 unspecified atom stereocenters. The lowest BCUT2D eigenvalue weighted by Gasteiger charge is -2.32. The molecular formula is C17H26N2O4. The Hall–Kier alpha value is -1.79. The molecule has 1 N–H and O–H groups in total. The van der Waals surface area contributed by atoms with Crippen LogP contribution < -0.4 is 14.8 Å². The maximum atomic E-state index is 12.4. The standard InChI is InChI=1S/C17H26N2O4/c1-21-9-8-19-6-4-14(5-7-19)18-17(20)13-10-15(22-2)12-16(11-13)23-3/h10-12,14H,4-9H2,1-3H3,(H,18,20). The number of hydrogen-bond acceptors (Lipinski definition) is 5. The van der Waals surface area contributed by atoms with Gasteiger partial charge in [-0.3, -0.25) is 4.79 Å². The van der Waals surface area contributed by atoms with Crippen LogP contribution in [0, 0.1) is 0 Å². The van der Waals surface area contributed by atoms with E-state index < -0.39 is 0 Å². The Morgan fingerprint density at radius 3 is 2.26 bits per heavy atom. The maximum absolute atomic E-state index is 12.4. The fourth-order valence-corrected chi connectivity index (χ4v) is 2.73. The summed E-state index contributed by atoms with van der Waals surface area (Å²) in [5, 5.41) is 3.11. The molecule has 1 aromatic carbocycles. The minimum atomic E-state index is -0.0856. The van der Waals surface area contributed by atoms with Crippen LogP contribution in [0.4, 0.5) is 0 Å². The number of nitrogens with zero attached hydrogens (tertiary/aromatic N) is 1. The van der Waals surface area contributed by atoms with E-state index in [1.807, 2.05) is 0 Å². The normalized spacial score (nSPS) is 16.1. The number of benzene rings is 1. The number of likely N-dealkylation sites (tertiary alicyclic amines) is 1. The number of carbonyl (C=O) groups is 1. The van der Waals surface area contributed by atoms with E-state index in [9.17, 15) is 4.79 Å². The number of rotatable bonds is 7. The Balaban J connectivity index is 1.90. The Kier molecular flexibility index (Phi) is 6.67. The van der Waals surface area contributed by atoms with Gasteiger partial charge in [-0.2, -0.15) is 0 Å². The molecule has 1 aromatic rings. The Bertz CT molecular complexity index is 491. The zero-order valence-corrected chi connectivity index (χ0v) is 14.1. The van der Waals surface area contributed by atoms with Crippen molar-refractivity contribution in [3.63, 3.8) is 0 Å². The maximum Gasteiger partial charge on any atom is 0.251 e. The van der Waals surface area contributed by atoms with Gasteiger partial charge in [0, 0.05) is 44.4 Å². The summed E-state index contributed by atoms with van der Waals surface area (Å²) in [5.41, 5.74) is 0.558. The van der Waals surface area contributed by atoms with Crippen molar-refractivity contribution in [2.75, 3.05) is 47.6 Å². The minimum absolute atomic E-state index is 0.0856. The van der Waals surface area contributed by atoms with Crippen molar-refractivity contribution >= 4 is 5.91 Å². The smallest absolute Gasteiger partial charge is 0.251 e. The van der Waals surface area contributed by atoms with Gasteiger partial charge >= 0.3 is 0 Å². The third-order valence-electron chi connectivity index (χ3n) is 4.15. The molecule has 6 nitrogen and oxygen atoms in total. The molecule has 0 saturated carbocycles. The lowest BCUT2D eigenvalue weighted by molar-refractivity contribution is 0.0892. The fourth-order valence-electron chi connectivity index (χ4n) is 2.73. The Labute approximate surface area is 137 Å². The molecule has 0 atom stereocenters. The summed E-state index contributed by atoms with van der Waals surface area (Å²) in [7, 11) is 4.87. The highest BCUT2D eigenvalue weighted by Crippen LogP contribution is 2.22. The molecule has 2 rings (SSSR count). The first kappa shape index (κ1) is 17.6. The first-order valence-electron chi connectivity index (χ1n) is 7.91. The van der Waals surface area contributed by atoms with Crippen molar-refractivity contribution < 1.29 is 19.0 Å². The topological polar surface area (TPSA) is 60.0 Å². The third-order valence-corrected chi connectivity index (χ3v) is 4.15. The van der Waals surface area contributed by atoms with E-state index >= 15 is 0 Å². The summed E-state index contributed by atoms with van der Waals surface area (Å²) in [6, 6.07) is 5.42. The molecule has 1 heterocycles. The summed E-state index contributed by atoms with van der Waals surface area (Å²) < 4.78 is 15.5. The number of piperidine rings is 1. The molecule has 1 fully saturated rings. The van der Waals surface area contributed by atoms with Gasteiger partial charge in [0.25, 0.3) is 5.91 Å². The van der Waals surface area contributed by atoms with E-state index in [-0.39, 0.29) is 11.9 Å². The zero-order valence-electron chi connectivity index (χ0n) is 14.1. The number of ether oxygens (including phenoxy) is 3. The largest absolute Gasteiger partial charge is 0.497 e. The molecule has 0 spiro atoms. The summed E-state index contributed by atoms with van der Waals surface area (Å²) in [4.78, 5) is 14.8. The summed E-state index contributed by atoms with van der Waals surface area (Å²) in [6.45, 7) is 3.66. The van der Waals surface area contributed by atoms with Gasteiger partial charge < -0.3 is 24.4 Å². The van der Waals surface area contributed by atoms with Crippen molar-refractivity contribution in [3.8, 4) is 11.5 Å². The molecule has 0 radical (unpaired) electrons. The predicted octanol–water partition coefficient (Wildman–Crippen LogP) is 1.54. The van der Waals surface area contributed by atoms with Gasteiger partial charge in [0.15, 0.2) is 0 Å². The van der Waals surface area contributed by atoms with Crippen LogP contribution in [-0.2, 0) is 4.74 Å². The summed E-state index contributed by atoms with van der Waals surface area (Å²) >= 11 is 0. The van der Waals surface area contributed by atoms with Gasteiger partial charge in [-0.25, -0.2) is 0 Å². The van der Waals surface area contributed by atoms with Crippen LogP contribution in [0.15, 0.2) is 18.2 Å².